The summed E-state index contributed by atoms with van der Waals surface area (Å²) in [5.41, 5.74) is 2.20. The van der Waals surface area contributed by atoms with Crippen molar-refractivity contribution in [3.63, 3.8) is 0 Å². The normalized spacial score (nSPS) is 12.9. The molecule has 20 heavy (non-hydrogen) atoms. The predicted octanol–water partition coefficient (Wildman–Crippen LogP) is 3.06. The third-order valence-electron chi connectivity index (χ3n) is 3.62. The van der Waals surface area contributed by atoms with E-state index in [1.165, 1.54) is 5.56 Å². The van der Waals surface area contributed by atoms with Gasteiger partial charge in [-0.3, -0.25) is 4.68 Å². The number of aromatic nitrogens is 2. The molecule has 4 nitrogen and oxygen atoms in total. The first-order valence-corrected chi connectivity index (χ1v) is 6.89. The van der Waals surface area contributed by atoms with Gasteiger partial charge in [0, 0.05) is 18.6 Å². The van der Waals surface area contributed by atoms with E-state index in [0.717, 1.165) is 29.6 Å². The predicted molar refractivity (Wildman–Crippen MR) is 79.5 cm³/mol. The van der Waals surface area contributed by atoms with E-state index in [1.54, 1.807) is 0 Å². The van der Waals surface area contributed by atoms with Gasteiger partial charge in [0.1, 0.15) is 11.3 Å². The van der Waals surface area contributed by atoms with E-state index in [-0.39, 0.29) is 6.04 Å². The molecule has 0 aliphatic heterocycles. The molecule has 0 saturated carbocycles. The van der Waals surface area contributed by atoms with Crippen LogP contribution in [0.5, 0.6) is 0 Å². The van der Waals surface area contributed by atoms with Gasteiger partial charge in [-0.25, -0.2) is 0 Å². The van der Waals surface area contributed by atoms with Crippen molar-refractivity contribution in [1.82, 2.24) is 15.1 Å². The van der Waals surface area contributed by atoms with Crippen LogP contribution in [0.15, 0.2) is 47.1 Å². The molecule has 3 aromatic rings. The van der Waals surface area contributed by atoms with Gasteiger partial charge in [-0.15, -0.1) is 0 Å². The van der Waals surface area contributed by atoms with Crippen molar-refractivity contribution in [2.24, 2.45) is 7.05 Å². The van der Waals surface area contributed by atoms with Gasteiger partial charge in [0.25, 0.3) is 0 Å². The van der Waals surface area contributed by atoms with E-state index in [9.17, 15) is 0 Å². The van der Waals surface area contributed by atoms with Crippen LogP contribution < -0.4 is 5.32 Å². The third kappa shape index (κ3) is 2.60. The number of benzene rings is 1. The van der Waals surface area contributed by atoms with Crippen LogP contribution in [0.4, 0.5) is 0 Å². The lowest BCUT2D eigenvalue weighted by Crippen LogP contribution is -2.16. The number of nitrogens with zero attached hydrogens (tertiary/aromatic N) is 2. The Balaban J connectivity index is 1.75. The van der Waals surface area contributed by atoms with Crippen LogP contribution in [0.2, 0.25) is 0 Å². The summed E-state index contributed by atoms with van der Waals surface area (Å²) in [5.74, 6) is 0.998. The molecule has 4 heteroatoms. The van der Waals surface area contributed by atoms with Crippen molar-refractivity contribution in [3.05, 3.63) is 54.0 Å². The Hall–Kier alpha value is -2.07. The van der Waals surface area contributed by atoms with E-state index in [4.69, 9.17) is 4.42 Å². The summed E-state index contributed by atoms with van der Waals surface area (Å²) in [6, 6.07) is 10.5. The standard InChI is InChI=1S/C16H19N3O/c1-17-14(8-7-12-10-18-19(2)11-12)16-9-13-5-3-4-6-15(13)20-16/h3-6,9-11,14,17H,7-8H2,1-2H3. The van der Waals surface area contributed by atoms with Gasteiger partial charge in [-0.2, -0.15) is 5.10 Å². The first-order chi connectivity index (χ1) is 9.76. The van der Waals surface area contributed by atoms with Gasteiger partial charge in [0.05, 0.1) is 12.2 Å². The van der Waals surface area contributed by atoms with E-state index in [0.29, 0.717) is 0 Å². The van der Waals surface area contributed by atoms with E-state index in [2.05, 4.69) is 28.7 Å². The van der Waals surface area contributed by atoms with Gasteiger partial charge in [0.15, 0.2) is 0 Å². The Morgan fingerprint density at radius 1 is 1.35 bits per heavy atom. The molecular weight excluding hydrogens is 250 g/mol. The zero-order valence-electron chi connectivity index (χ0n) is 11.8. The quantitative estimate of drug-likeness (QED) is 0.774. The van der Waals surface area contributed by atoms with Crippen LogP contribution >= 0.6 is 0 Å². The molecule has 0 radical (unpaired) electrons. The number of para-hydroxylation sites is 1. The second-order valence-electron chi connectivity index (χ2n) is 5.09. The molecule has 1 aromatic carbocycles. The molecule has 0 amide bonds. The van der Waals surface area contributed by atoms with Crippen molar-refractivity contribution in [2.45, 2.75) is 18.9 Å². The van der Waals surface area contributed by atoms with Crippen LogP contribution in [0, 0.1) is 0 Å². The second-order valence-corrected chi connectivity index (χ2v) is 5.09. The van der Waals surface area contributed by atoms with Gasteiger partial charge in [-0.1, -0.05) is 18.2 Å². The van der Waals surface area contributed by atoms with Gasteiger partial charge in [0.2, 0.25) is 0 Å². The van der Waals surface area contributed by atoms with Gasteiger partial charge >= 0.3 is 0 Å². The van der Waals surface area contributed by atoms with E-state index < -0.39 is 0 Å². The molecule has 2 heterocycles. The minimum Gasteiger partial charge on any atom is -0.459 e. The van der Waals surface area contributed by atoms with Crippen molar-refractivity contribution in [1.29, 1.82) is 0 Å². The zero-order valence-corrected chi connectivity index (χ0v) is 11.8. The monoisotopic (exact) mass is 269 g/mol. The Morgan fingerprint density at radius 3 is 2.90 bits per heavy atom. The number of hydrogen-bond donors (Lipinski definition) is 1. The van der Waals surface area contributed by atoms with Crippen molar-refractivity contribution in [2.75, 3.05) is 7.05 Å². The average Bonchev–Trinajstić information content (AvgIpc) is 3.05. The maximum Gasteiger partial charge on any atom is 0.134 e. The maximum absolute atomic E-state index is 5.93. The summed E-state index contributed by atoms with van der Waals surface area (Å²) >= 11 is 0. The SMILES string of the molecule is CNC(CCc1cnn(C)c1)c1cc2ccccc2o1. The largest absolute Gasteiger partial charge is 0.459 e. The first-order valence-electron chi connectivity index (χ1n) is 6.89. The van der Waals surface area contributed by atoms with Gasteiger partial charge < -0.3 is 9.73 Å². The van der Waals surface area contributed by atoms with E-state index in [1.807, 2.05) is 43.2 Å². The summed E-state index contributed by atoms with van der Waals surface area (Å²) < 4.78 is 7.77. The van der Waals surface area contributed by atoms with Gasteiger partial charge in [-0.05, 0) is 37.6 Å². The lowest BCUT2D eigenvalue weighted by Gasteiger charge is -2.12. The fourth-order valence-corrected chi connectivity index (χ4v) is 2.51. The van der Waals surface area contributed by atoms with Crippen LogP contribution in [-0.2, 0) is 13.5 Å². The number of aryl methyl sites for hydroxylation is 2. The molecular formula is C16H19N3O. The molecule has 0 spiro atoms. The number of rotatable bonds is 5. The third-order valence-corrected chi connectivity index (χ3v) is 3.62. The minimum atomic E-state index is 0.225. The van der Waals surface area contributed by atoms with Crippen LogP contribution in [0.25, 0.3) is 11.0 Å². The number of fused-ring (bicyclic) bond motifs is 1. The maximum atomic E-state index is 5.93. The molecule has 1 atom stereocenters. The lowest BCUT2D eigenvalue weighted by molar-refractivity contribution is 0.433. The summed E-state index contributed by atoms with van der Waals surface area (Å²) in [4.78, 5) is 0. The summed E-state index contributed by atoms with van der Waals surface area (Å²) in [6.45, 7) is 0. The number of nitrogens with one attached hydrogen (secondary N) is 1. The number of hydrogen-bond acceptors (Lipinski definition) is 3. The Kier molecular flexibility index (Phi) is 3.56. The highest BCUT2D eigenvalue weighted by Gasteiger charge is 2.14. The van der Waals surface area contributed by atoms with Crippen molar-refractivity contribution >= 4 is 11.0 Å². The summed E-state index contributed by atoms with van der Waals surface area (Å²) in [5, 5.41) is 8.69. The second kappa shape index (κ2) is 5.51. The first kappa shape index (κ1) is 12.9. The lowest BCUT2D eigenvalue weighted by atomic mass is 10.1. The average molecular weight is 269 g/mol. The van der Waals surface area contributed by atoms with E-state index >= 15 is 0 Å². The molecule has 2 aromatic heterocycles. The Bertz CT molecular complexity index is 665. The smallest absolute Gasteiger partial charge is 0.134 e. The molecule has 1 unspecified atom stereocenters. The summed E-state index contributed by atoms with van der Waals surface area (Å²) in [7, 11) is 3.92. The fourth-order valence-electron chi connectivity index (χ4n) is 2.51. The van der Waals surface area contributed by atoms with Crippen LogP contribution in [0.3, 0.4) is 0 Å². The molecule has 0 aliphatic rings. The molecule has 0 aliphatic carbocycles. The van der Waals surface area contributed by atoms with Crippen molar-refractivity contribution < 1.29 is 4.42 Å². The molecule has 0 fully saturated rings. The van der Waals surface area contributed by atoms with Crippen molar-refractivity contribution in [3.8, 4) is 0 Å². The highest BCUT2D eigenvalue weighted by molar-refractivity contribution is 5.77. The minimum absolute atomic E-state index is 0.225. The fraction of sp³-hybridized carbons (Fsp3) is 0.312. The van der Waals surface area contributed by atoms with Crippen LogP contribution in [-0.4, -0.2) is 16.8 Å². The van der Waals surface area contributed by atoms with Crippen LogP contribution in [0.1, 0.15) is 23.8 Å². The highest BCUT2D eigenvalue weighted by Crippen LogP contribution is 2.26. The zero-order chi connectivity index (χ0) is 13.9. The topological polar surface area (TPSA) is 43.0 Å². The molecule has 1 N–H and O–H groups in total. The Labute approximate surface area is 118 Å². The highest BCUT2D eigenvalue weighted by atomic mass is 16.3. The Morgan fingerprint density at radius 2 is 2.20 bits per heavy atom. The number of furan rings is 1. The summed E-state index contributed by atoms with van der Waals surface area (Å²) in [6.07, 6.45) is 5.95. The molecule has 0 bridgehead atoms. The molecule has 0 saturated heterocycles. The molecule has 104 valence electrons. The molecule has 3 rings (SSSR count).